The molecule has 0 N–H and O–H groups in total. The Morgan fingerprint density at radius 3 is 1.91 bits per heavy atom. The van der Waals surface area contributed by atoms with Crippen LogP contribution in [0.1, 0.15) is 82.1 Å². The van der Waals surface area contributed by atoms with Gasteiger partial charge in [0.15, 0.2) is 0 Å². The molecular weight excluding hydrogens is 432 g/mol. The lowest BCUT2D eigenvalue weighted by Gasteiger charge is -2.39. The van der Waals surface area contributed by atoms with E-state index in [1.165, 1.54) is 0 Å². The second-order valence-electron chi connectivity index (χ2n) is 12.2. The minimum atomic E-state index is -0.583. The highest BCUT2D eigenvalue weighted by atomic mass is 16.6. The number of epoxide rings is 1. The summed E-state index contributed by atoms with van der Waals surface area (Å²) in [5.74, 6) is 0. The molecule has 1 aliphatic rings. The smallest absolute Gasteiger partial charge is 0.109 e. The molecule has 2 unspecified atom stereocenters. The fourth-order valence-electron chi connectivity index (χ4n) is 3.32. The predicted octanol–water partition coefficient (Wildman–Crippen LogP) is 5.88. The Bertz CT molecular complexity index is 645. The number of hydrogen-bond donors (Lipinski definition) is 0. The summed E-state index contributed by atoms with van der Waals surface area (Å²) in [5, 5.41) is 0. The first-order chi connectivity index (χ1) is 15.4. The van der Waals surface area contributed by atoms with Gasteiger partial charge in [-0.25, -0.2) is 0 Å². The molecule has 1 aliphatic heterocycles. The molecule has 0 bridgehead atoms. The molecule has 2 atom stereocenters. The van der Waals surface area contributed by atoms with E-state index in [-0.39, 0.29) is 17.8 Å². The van der Waals surface area contributed by atoms with E-state index in [1.54, 1.807) is 0 Å². The van der Waals surface area contributed by atoms with Gasteiger partial charge in [0.25, 0.3) is 0 Å². The first-order valence-electron chi connectivity index (χ1n) is 12.5. The van der Waals surface area contributed by atoms with Crippen LogP contribution < -0.4 is 0 Å². The average Bonchev–Trinajstić information content (AvgIpc) is 3.48. The van der Waals surface area contributed by atoms with E-state index in [0.717, 1.165) is 30.6 Å². The summed E-state index contributed by atoms with van der Waals surface area (Å²) in [4.78, 5) is 0. The molecule has 34 heavy (non-hydrogen) atoms. The summed E-state index contributed by atoms with van der Waals surface area (Å²) in [6, 6.07) is 0. The fraction of sp³-hybridized carbons (Fsp3) is 0.857. The molecule has 0 aromatic heterocycles. The van der Waals surface area contributed by atoms with Crippen LogP contribution in [-0.4, -0.2) is 74.3 Å². The monoisotopic (exact) mass is 484 g/mol. The van der Waals surface area contributed by atoms with Crippen molar-refractivity contribution in [3.05, 3.63) is 24.3 Å². The van der Waals surface area contributed by atoms with Gasteiger partial charge in [0.2, 0.25) is 0 Å². The molecule has 200 valence electrons. The van der Waals surface area contributed by atoms with Crippen molar-refractivity contribution in [2.75, 3.05) is 39.6 Å². The molecule has 0 aliphatic carbocycles. The Balaban J connectivity index is 2.68. The van der Waals surface area contributed by atoms with Gasteiger partial charge in [-0.1, -0.05) is 11.1 Å². The van der Waals surface area contributed by atoms with Crippen LogP contribution in [0, 0.1) is 0 Å². The molecule has 1 fully saturated rings. The van der Waals surface area contributed by atoms with E-state index in [1.807, 2.05) is 55.4 Å². The molecule has 1 saturated heterocycles. The summed E-state index contributed by atoms with van der Waals surface area (Å²) in [5.41, 5.74) is 0.443. The molecule has 0 aromatic carbocycles. The maximum Gasteiger partial charge on any atom is 0.109 e. The lowest BCUT2D eigenvalue weighted by Crippen LogP contribution is -2.49. The summed E-state index contributed by atoms with van der Waals surface area (Å²) in [6.07, 6.45) is 1.54. The van der Waals surface area contributed by atoms with Crippen molar-refractivity contribution in [3.63, 3.8) is 0 Å². The molecule has 1 rings (SSSR count). The van der Waals surface area contributed by atoms with Crippen LogP contribution in [0.15, 0.2) is 24.3 Å². The van der Waals surface area contributed by atoms with Crippen molar-refractivity contribution in [2.24, 2.45) is 0 Å². The zero-order valence-corrected chi connectivity index (χ0v) is 23.7. The zero-order valence-electron chi connectivity index (χ0n) is 23.7. The minimum Gasteiger partial charge on any atom is -0.373 e. The molecule has 0 amide bonds. The predicted molar refractivity (Wildman–Crippen MR) is 138 cm³/mol. The molecule has 6 nitrogen and oxygen atoms in total. The molecule has 0 saturated carbocycles. The van der Waals surface area contributed by atoms with E-state index < -0.39 is 16.8 Å². The third-order valence-electron chi connectivity index (χ3n) is 5.64. The van der Waals surface area contributed by atoms with Gasteiger partial charge >= 0.3 is 0 Å². The standard InChI is InChI=1S/C28H52O6/c1-21(2)13-14-31-26(7,8)20-34-28(11,12)24(30-17-23-16-29-23)18-32-27(9,10)19-33-25(5,6)15-22(3)4/h23-24H,1,3,13-20H2,2,4-12H3. The van der Waals surface area contributed by atoms with Gasteiger partial charge in [-0.3, -0.25) is 0 Å². The van der Waals surface area contributed by atoms with Crippen LogP contribution >= 0.6 is 0 Å². The zero-order chi connectivity index (χ0) is 26.2. The van der Waals surface area contributed by atoms with Crippen LogP contribution in [0.3, 0.4) is 0 Å². The second kappa shape index (κ2) is 13.0. The first-order valence-corrected chi connectivity index (χ1v) is 12.5. The molecule has 1 heterocycles. The topological polar surface area (TPSA) is 58.7 Å². The Kier molecular flexibility index (Phi) is 11.9. The summed E-state index contributed by atoms with van der Waals surface area (Å²) in [7, 11) is 0. The van der Waals surface area contributed by atoms with E-state index in [9.17, 15) is 0 Å². The van der Waals surface area contributed by atoms with Gasteiger partial charge in [-0.2, -0.15) is 0 Å². The average molecular weight is 485 g/mol. The van der Waals surface area contributed by atoms with E-state index in [0.29, 0.717) is 33.0 Å². The van der Waals surface area contributed by atoms with Gasteiger partial charge < -0.3 is 28.4 Å². The highest BCUT2D eigenvalue weighted by Gasteiger charge is 2.37. The van der Waals surface area contributed by atoms with Crippen LogP contribution in [0.2, 0.25) is 0 Å². The minimum absolute atomic E-state index is 0.166. The van der Waals surface area contributed by atoms with Crippen molar-refractivity contribution < 1.29 is 28.4 Å². The van der Waals surface area contributed by atoms with Gasteiger partial charge in [-0.15, -0.1) is 13.2 Å². The number of rotatable bonds is 19. The van der Waals surface area contributed by atoms with Gasteiger partial charge in [0, 0.05) is 0 Å². The van der Waals surface area contributed by atoms with E-state index in [4.69, 9.17) is 28.4 Å². The molecular formula is C28H52O6. The Morgan fingerprint density at radius 2 is 1.38 bits per heavy atom. The largest absolute Gasteiger partial charge is 0.373 e. The van der Waals surface area contributed by atoms with Crippen molar-refractivity contribution in [2.45, 2.75) is 117 Å². The molecule has 0 spiro atoms. The van der Waals surface area contributed by atoms with Crippen LogP contribution in [0.25, 0.3) is 0 Å². The third-order valence-corrected chi connectivity index (χ3v) is 5.64. The van der Waals surface area contributed by atoms with Crippen molar-refractivity contribution in [3.8, 4) is 0 Å². The second-order valence-corrected chi connectivity index (χ2v) is 12.2. The summed E-state index contributed by atoms with van der Waals surface area (Å²) < 4.78 is 36.4. The van der Waals surface area contributed by atoms with Crippen molar-refractivity contribution in [1.29, 1.82) is 0 Å². The van der Waals surface area contributed by atoms with Gasteiger partial charge in [0.05, 0.1) is 62.0 Å². The van der Waals surface area contributed by atoms with Crippen molar-refractivity contribution >= 4 is 0 Å². The normalized spacial score (nSPS) is 18.1. The number of ether oxygens (including phenoxy) is 6. The lowest BCUT2D eigenvalue weighted by molar-refractivity contribution is -0.199. The summed E-state index contributed by atoms with van der Waals surface area (Å²) in [6.45, 7) is 31.6. The SMILES string of the molecule is C=C(C)CCOC(C)(C)COC(C)(C)C(COC(C)(C)COC(C)(C)CC(=C)C)OCC1CO1. The highest BCUT2D eigenvalue weighted by molar-refractivity contribution is 4.95. The van der Waals surface area contributed by atoms with Crippen molar-refractivity contribution in [1.82, 2.24) is 0 Å². The van der Waals surface area contributed by atoms with E-state index in [2.05, 4.69) is 27.0 Å². The Labute approximate surface area is 209 Å². The highest BCUT2D eigenvalue weighted by Crippen LogP contribution is 2.27. The Morgan fingerprint density at radius 1 is 0.824 bits per heavy atom. The van der Waals surface area contributed by atoms with Crippen LogP contribution in [-0.2, 0) is 28.4 Å². The first kappa shape index (κ1) is 31.3. The number of hydrogen-bond acceptors (Lipinski definition) is 6. The Hall–Kier alpha value is -0.760. The fourth-order valence-corrected chi connectivity index (χ4v) is 3.32. The quantitative estimate of drug-likeness (QED) is 0.168. The molecule has 0 radical (unpaired) electrons. The molecule has 0 aromatic rings. The van der Waals surface area contributed by atoms with Gasteiger partial charge in [-0.05, 0) is 82.1 Å². The van der Waals surface area contributed by atoms with Gasteiger partial charge in [0.1, 0.15) is 12.2 Å². The third kappa shape index (κ3) is 14.0. The summed E-state index contributed by atoms with van der Waals surface area (Å²) >= 11 is 0. The van der Waals surface area contributed by atoms with Crippen LogP contribution in [0.5, 0.6) is 0 Å². The van der Waals surface area contributed by atoms with E-state index >= 15 is 0 Å². The molecule has 6 heteroatoms. The maximum absolute atomic E-state index is 6.36. The maximum atomic E-state index is 6.36. The van der Waals surface area contributed by atoms with Crippen LogP contribution in [0.4, 0.5) is 0 Å². The lowest BCUT2D eigenvalue weighted by atomic mass is 9.99.